The zero-order valence-corrected chi connectivity index (χ0v) is 13.2. The van der Waals surface area contributed by atoms with Gasteiger partial charge in [-0.05, 0) is 38.1 Å². The number of hydrogen-bond donors (Lipinski definition) is 2. The van der Waals surface area contributed by atoms with E-state index in [0.29, 0.717) is 24.4 Å². The molecule has 0 fully saturated rings. The number of anilines is 1. The molecular formula is C16H24N2O4. The first-order chi connectivity index (χ1) is 10.5. The molecule has 0 aliphatic heterocycles. The Morgan fingerprint density at radius 3 is 2.73 bits per heavy atom. The molecule has 0 atom stereocenters. The van der Waals surface area contributed by atoms with E-state index in [1.807, 2.05) is 30.0 Å². The Labute approximate surface area is 131 Å². The van der Waals surface area contributed by atoms with Gasteiger partial charge in [0.25, 0.3) is 0 Å². The largest absolute Gasteiger partial charge is 0.497 e. The molecule has 6 nitrogen and oxygen atoms in total. The van der Waals surface area contributed by atoms with Crippen molar-refractivity contribution in [2.75, 3.05) is 32.1 Å². The Morgan fingerprint density at radius 2 is 2.09 bits per heavy atom. The summed E-state index contributed by atoms with van der Waals surface area (Å²) < 4.78 is 5.11. The van der Waals surface area contributed by atoms with Crippen molar-refractivity contribution in [2.24, 2.45) is 0 Å². The number of likely N-dealkylation sites (N-methyl/N-ethyl adjacent to an activating group) is 1. The van der Waals surface area contributed by atoms with Crippen LogP contribution in [0.2, 0.25) is 0 Å². The lowest BCUT2D eigenvalue weighted by atomic mass is 10.2. The van der Waals surface area contributed by atoms with Crippen molar-refractivity contribution in [1.82, 2.24) is 4.90 Å². The molecule has 0 aliphatic rings. The fraction of sp³-hybridized carbons (Fsp3) is 0.500. The summed E-state index contributed by atoms with van der Waals surface area (Å²) in [6, 6.07) is 7.21. The average Bonchev–Trinajstić information content (AvgIpc) is 2.50. The van der Waals surface area contributed by atoms with Crippen molar-refractivity contribution in [3.05, 3.63) is 24.3 Å². The summed E-state index contributed by atoms with van der Waals surface area (Å²) in [4.78, 5) is 24.5. The summed E-state index contributed by atoms with van der Waals surface area (Å²) in [7, 11) is 1.58. The van der Waals surface area contributed by atoms with Crippen molar-refractivity contribution in [2.45, 2.75) is 26.2 Å². The van der Waals surface area contributed by atoms with Crippen molar-refractivity contribution in [1.29, 1.82) is 0 Å². The first-order valence-corrected chi connectivity index (χ1v) is 7.43. The van der Waals surface area contributed by atoms with Gasteiger partial charge < -0.3 is 15.2 Å². The first-order valence-electron chi connectivity index (χ1n) is 7.43. The zero-order valence-electron chi connectivity index (χ0n) is 13.2. The van der Waals surface area contributed by atoms with Gasteiger partial charge in [0.05, 0.1) is 13.7 Å². The minimum absolute atomic E-state index is 0.0895. The monoisotopic (exact) mass is 308 g/mol. The topological polar surface area (TPSA) is 78.9 Å². The van der Waals surface area contributed by atoms with E-state index >= 15 is 0 Å². The van der Waals surface area contributed by atoms with E-state index in [0.717, 1.165) is 19.5 Å². The minimum Gasteiger partial charge on any atom is -0.497 e. The quantitative estimate of drug-likeness (QED) is 0.648. The van der Waals surface area contributed by atoms with Gasteiger partial charge in [-0.25, -0.2) is 0 Å². The minimum atomic E-state index is -0.779. The van der Waals surface area contributed by atoms with Crippen LogP contribution >= 0.6 is 0 Å². The van der Waals surface area contributed by atoms with Crippen LogP contribution in [-0.4, -0.2) is 48.6 Å². The van der Waals surface area contributed by atoms with E-state index in [1.165, 1.54) is 0 Å². The Kier molecular flexibility index (Phi) is 7.99. The number of carbonyl (C=O) groups is 2. The Bertz CT molecular complexity index is 491. The molecule has 0 unspecified atom stereocenters. The molecule has 1 rings (SSSR count). The number of carboxylic acids is 1. The van der Waals surface area contributed by atoms with E-state index in [1.54, 1.807) is 13.2 Å². The lowest BCUT2D eigenvalue weighted by molar-refractivity contribution is -0.137. The number of rotatable bonds is 10. The summed E-state index contributed by atoms with van der Waals surface area (Å²) in [6.07, 6.45) is 1.57. The number of amides is 1. The Morgan fingerprint density at radius 1 is 1.32 bits per heavy atom. The maximum Gasteiger partial charge on any atom is 0.303 e. The van der Waals surface area contributed by atoms with Gasteiger partial charge in [-0.2, -0.15) is 0 Å². The van der Waals surface area contributed by atoms with Gasteiger partial charge in [0, 0.05) is 18.2 Å². The number of hydrogen-bond acceptors (Lipinski definition) is 4. The summed E-state index contributed by atoms with van der Waals surface area (Å²) in [5, 5.41) is 11.4. The predicted octanol–water partition coefficient (Wildman–Crippen LogP) is 2.21. The van der Waals surface area contributed by atoms with Crippen LogP contribution in [-0.2, 0) is 9.59 Å². The number of ether oxygens (including phenoxy) is 1. The number of unbranched alkanes of at least 4 members (excludes halogenated alkanes) is 1. The maximum absolute atomic E-state index is 12.0. The van der Waals surface area contributed by atoms with E-state index in [4.69, 9.17) is 9.84 Å². The summed E-state index contributed by atoms with van der Waals surface area (Å²) in [6.45, 7) is 3.74. The highest BCUT2D eigenvalue weighted by atomic mass is 16.5. The van der Waals surface area contributed by atoms with E-state index in [2.05, 4.69) is 5.32 Å². The van der Waals surface area contributed by atoms with Crippen LogP contribution in [0.25, 0.3) is 0 Å². The highest BCUT2D eigenvalue weighted by molar-refractivity contribution is 5.92. The van der Waals surface area contributed by atoms with Crippen LogP contribution in [0, 0.1) is 0 Å². The SMILES string of the molecule is CCN(CCCCC(=O)O)CC(=O)Nc1cccc(OC)c1. The molecule has 1 aromatic carbocycles. The zero-order chi connectivity index (χ0) is 16.4. The van der Waals surface area contributed by atoms with Crippen LogP contribution in [0.1, 0.15) is 26.2 Å². The summed E-state index contributed by atoms with van der Waals surface area (Å²) in [5.74, 6) is -0.175. The fourth-order valence-corrected chi connectivity index (χ4v) is 2.07. The van der Waals surface area contributed by atoms with Gasteiger partial charge in [0.2, 0.25) is 5.91 Å². The van der Waals surface area contributed by atoms with Gasteiger partial charge in [0.1, 0.15) is 5.75 Å². The molecule has 0 heterocycles. The second-order valence-corrected chi connectivity index (χ2v) is 5.00. The second kappa shape index (κ2) is 9.78. The van der Waals surface area contributed by atoms with Crippen molar-refractivity contribution in [3.63, 3.8) is 0 Å². The molecule has 22 heavy (non-hydrogen) atoms. The molecule has 0 aromatic heterocycles. The van der Waals surface area contributed by atoms with Crippen molar-refractivity contribution in [3.8, 4) is 5.75 Å². The lowest BCUT2D eigenvalue weighted by Crippen LogP contribution is -2.33. The van der Waals surface area contributed by atoms with Crippen LogP contribution < -0.4 is 10.1 Å². The fourth-order valence-electron chi connectivity index (χ4n) is 2.07. The third-order valence-corrected chi connectivity index (χ3v) is 3.28. The number of nitrogens with one attached hydrogen (secondary N) is 1. The van der Waals surface area contributed by atoms with Gasteiger partial charge in [-0.1, -0.05) is 13.0 Å². The second-order valence-electron chi connectivity index (χ2n) is 5.00. The van der Waals surface area contributed by atoms with Gasteiger partial charge in [-0.15, -0.1) is 0 Å². The van der Waals surface area contributed by atoms with Crippen LogP contribution in [0.15, 0.2) is 24.3 Å². The number of benzene rings is 1. The van der Waals surface area contributed by atoms with Gasteiger partial charge in [-0.3, -0.25) is 14.5 Å². The van der Waals surface area contributed by atoms with Crippen LogP contribution in [0.4, 0.5) is 5.69 Å². The molecule has 6 heteroatoms. The molecule has 0 bridgehead atoms. The lowest BCUT2D eigenvalue weighted by Gasteiger charge is -2.19. The van der Waals surface area contributed by atoms with E-state index in [-0.39, 0.29) is 12.3 Å². The number of aliphatic carboxylic acids is 1. The van der Waals surface area contributed by atoms with E-state index < -0.39 is 5.97 Å². The molecule has 1 amide bonds. The number of methoxy groups -OCH3 is 1. The molecule has 122 valence electrons. The molecule has 1 aromatic rings. The highest BCUT2D eigenvalue weighted by Crippen LogP contribution is 2.16. The molecule has 0 saturated heterocycles. The third-order valence-electron chi connectivity index (χ3n) is 3.28. The highest BCUT2D eigenvalue weighted by Gasteiger charge is 2.10. The maximum atomic E-state index is 12.0. The van der Waals surface area contributed by atoms with Crippen molar-refractivity contribution >= 4 is 17.6 Å². The van der Waals surface area contributed by atoms with Gasteiger partial charge in [0.15, 0.2) is 0 Å². The summed E-state index contributed by atoms with van der Waals surface area (Å²) >= 11 is 0. The predicted molar refractivity (Wildman–Crippen MR) is 85.2 cm³/mol. The molecule has 0 aliphatic carbocycles. The van der Waals surface area contributed by atoms with Crippen LogP contribution in [0.5, 0.6) is 5.75 Å². The number of nitrogens with zero attached hydrogens (tertiary/aromatic N) is 1. The Hall–Kier alpha value is -2.08. The molecular weight excluding hydrogens is 284 g/mol. The smallest absolute Gasteiger partial charge is 0.303 e. The number of carboxylic acid groups (broad SMARTS) is 1. The van der Waals surface area contributed by atoms with Gasteiger partial charge >= 0.3 is 5.97 Å². The Balaban J connectivity index is 2.38. The molecule has 0 saturated carbocycles. The van der Waals surface area contributed by atoms with Crippen LogP contribution in [0.3, 0.4) is 0 Å². The molecule has 0 spiro atoms. The normalized spacial score (nSPS) is 10.5. The summed E-state index contributed by atoms with van der Waals surface area (Å²) in [5.41, 5.74) is 0.700. The average molecular weight is 308 g/mol. The third kappa shape index (κ3) is 7.08. The van der Waals surface area contributed by atoms with Crippen molar-refractivity contribution < 1.29 is 19.4 Å². The standard InChI is InChI=1S/C16H24N2O4/c1-3-18(10-5-4-9-16(20)21)12-15(19)17-13-7-6-8-14(11-13)22-2/h6-8,11H,3-5,9-10,12H2,1-2H3,(H,17,19)(H,20,21). The molecule has 2 N–H and O–H groups in total. The first kappa shape index (κ1) is 18.0. The molecule has 0 radical (unpaired) electrons. The number of carbonyl (C=O) groups excluding carboxylic acids is 1. The van der Waals surface area contributed by atoms with E-state index in [9.17, 15) is 9.59 Å².